The van der Waals surface area contributed by atoms with Crippen LogP contribution in [0.4, 0.5) is 0 Å². The molecule has 0 aliphatic heterocycles. The molecule has 1 aliphatic carbocycles. The molecule has 15 heavy (non-hydrogen) atoms. The third kappa shape index (κ3) is 2.29. The van der Waals surface area contributed by atoms with Crippen molar-refractivity contribution < 1.29 is 9.84 Å². The van der Waals surface area contributed by atoms with Gasteiger partial charge in [0.2, 0.25) is 11.2 Å². The molecule has 0 unspecified atom stereocenters. The summed E-state index contributed by atoms with van der Waals surface area (Å²) < 4.78 is 5.60. The molecule has 0 saturated heterocycles. The molecule has 0 atom stereocenters. The molecular weight excluding hydrogens is 192 g/mol. The van der Waals surface area contributed by atoms with Crippen molar-refractivity contribution in [2.75, 3.05) is 0 Å². The van der Waals surface area contributed by atoms with E-state index in [-0.39, 0.29) is 11.9 Å². The average Bonchev–Trinajstić information content (AvgIpc) is 2.68. The highest BCUT2D eigenvalue weighted by Gasteiger charge is 2.18. The monoisotopic (exact) mass is 206 g/mol. The fourth-order valence-electron chi connectivity index (χ4n) is 1.85. The predicted octanol–water partition coefficient (Wildman–Crippen LogP) is 2.07. The molecule has 3 nitrogen and oxygen atoms in total. The van der Waals surface area contributed by atoms with Crippen LogP contribution >= 0.6 is 0 Å². The molecule has 0 bridgehead atoms. The van der Waals surface area contributed by atoms with Crippen molar-refractivity contribution >= 4 is 0 Å². The highest BCUT2D eigenvalue weighted by molar-refractivity contribution is 5.37. The Morgan fingerprint density at radius 2 is 1.87 bits per heavy atom. The van der Waals surface area contributed by atoms with Gasteiger partial charge in [0, 0.05) is 0 Å². The van der Waals surface area contributed by atoms with Gasteiger partial charge >= 0.3 is 0 Å². The van der Waals surface area contributed by atoms with E-state index >= 15 is 0 Å². The van der Waals surface area contributed by atoms with Crippen molar-refractivity contribution in [2.45, 2.75) is 31.8 Å². The van der Waals surface area contributed by atoms with E-state index in [9.17, 15) is 9.90 Å². The summed E-state index contributed by atoms with van der Waals surface area (Å²) in [7, 11) is 0. The first kappa shape index (κ1) is 10.0. The quantitative estimate of drug-likeness (QED) is 0.805. The second kappa shape index (κ2) is 4.34. The van der Waals surface area contributed by atoms with E-state index in [2.05, 4.69) is 0 Å². The van der Waals surface area contributed by atoms with Crippen LogP contribution in [0.5, 0.6) is 11.5 Å². The molecular formula is C12H14O3. The molecule has 1 fully saturated rings. The Morgan fingerprint density at radius 3 is 2.60 bits per heavy atom. The zero-order valence-electron chi connectivity index (χ0n) is 8.48. The highest BCUT2D eigenvalue weighted by Crippen LogP contribution is 2.27. The van der Waals surface area contributed by atoms with Crippen LogP contribution in [0.15, 0.2) is 29.1 Å². The van der Waals surface area contributed by atoms with Gasteiger partial charge in [-0.05, 0) is 37.8 Å². The number of hydrogen-bond acceptors (Lipinski definition) is 3. The second-order valence-corrected chi connectivity index (χ2v) is 3.82. The Balaban J connectivity index is 2.24. The molecule has 1 saturated carbocycles. The van der Waals surface area contributed by atoms with Crippen LogP contribution in [0.25, 0.3) is 0 Å². The summed E-state index contributed by atoms with van der Waals surface area (Å²) in [5.41, 5.74) is -0.395. The van der Waals surface area contributed by atoms with E-state index in [0.717, 1.165) is 25.7 Å². The van der Waals surface area contributed by atoms with Crippen LogP contribution in [0.1, 0.15) is 25.7 Å². The lowest BCUT2D eigenvalue weighted by Crippen LogP contribution is -2.11. The van der Waals surface area contributed by atoms with Crippen molar-refractivity contribution in [3.8, 4) is 11.5 Å². The summed E-state index contributed by atoms with van der Waals surface area (Å²) in [6, 6.07) is 6.26. The molecule has 3 heteroatoms. The highest BCUT2D eigenvalue weighted by atomic mass is 16.5. The van der Waals surface area contributed by atoms with Gasteiger partial charge in [-0.2, -0.15) is 0 Å². The Bertz CT molecular complexity index is 394. The van der Waals surface area contributed by atoms with Crippen molar-refractivity contribution in [2.24, 2.45) is 0 Å². The zero-order valence-corrected chi connectivity index (χ0v) is 8.48. The van der Waals surface area contributed by atoms with Gasteiger partial charge in [-0.25, -0.2) is 0 Å². The van der Waals surface area contributed by atoms with Gasteiger partial charge in [-0.1, -0.05) is 12.1 Å². The lowest BCUT2D eigenvalue weighted by molar-refractivity contribution is 0.202. The van der Waals surface area contributed by atoms with E-state index in [4.69, 9.17) is 4.74 Å². The van der Waals surface area contributed by atoms with Gasteiger partial charge in [0.25, 0.3) is 0 Å². The van der Waals surface area contributed by atoms with Crippen LogP contribution in [-0.2, 0) is 0 Å². The van der Waals surface area contributed by atoms with Crippen molar-refractivity contribution in [3.05, 3.63) is 34.5 Å². The van der Waals surface area contributed by atoms with Crippen LogP contribution in [0.2, 0.25) is 0 Å². The Kier molecular flexibility index (Phi) is 2.90. The molecule has 80 valence electrons. The minimum Gasteiger partial charge on any atom is -0.502 e. The van der Waals surface area contributed by atoms with E-state index < -0.39 is 5.43 Å². The van der Waals surface area contributed by atoms with Gasteiger partial charge in [0.05, 0.1) is 6.10 Å². The van der Waals surface area contributed by atoms with Gasteiger partial charge in [-0.3, -0.25) is 4.79 Å². The van der Waals surface area contributed by atoms with Crippen LogP contribution in [-0.4, -0.2) is 11.2 Å². The summed E-state index contributed by atoms with van der Waals surface area (Å²) in [5, 5.41) is 9.58. The SMILES string of the molecule is O=c1ccccc(OC2CCCC2)c1O. The normalized spacial score (nSPS) is 16.5. The largest absolute Gasteiger partial charge is 0.502 e. The lowest BCUT2D eigenvalue weighted by atomic mass is 10.3. The first-order valence-electron chi connectivity index (χ1n) is 5.26. The van der Waals surface area contributed by atoms with E-state index in [0.29, 0.717) is 5.75 Å². The second-order valence-electron chi connectivity index (χ2n) is 3.82. The maximum absolute atomic E-state index is 11.3. The smallest absolute Gasteiger partial charge is 0.224 e. The zero-order chi connectivity index (χ0) is 10.7. The molecule has 0 spiro atoms. The number of rotatable bonds is 2. The summed E-state index contributed by atoms with van der Waals surface area (Å²) in [5.74, 6) is 0.0174. The van der Waals surface area contributed by atoms with Crippen LogP contribution in [0.3, 0.4) is 0 Å². The molecule has 2 rings (SSSR count). The summed E-state index contributed by atoms with van der Waals surface area (Å²) in [6.07, 6.45) is 4.49. The minimum absolute atomic E-state index is 0.151. The summed E-state index contributed by atoms with van der Waals surface area (Å²) >= 11 is 0. The predicted molar refractivity (Wildman–Crippen MR) is 57.3 cm³/mol. The summed E-state index contributed by atoms with van der Waals surface area (Å²) in [6.45, 7) is 0. The first-order chi connectivity index (χ1) is 7.27. The van der Waals surface area contributed by atoms with Crippen molar-refractivity contribution in [3.63, 3.8) is 0 Å². The van der Waals surface area contributed by atoms with Crippen molar-refractivity contribution in [1.82, 2.24) is 0 Å². The Morgan fingerprint density at radius 1 is 1.20 bits per heavy atom. The molecule has 1 aromatic carbocycles. The maximum Gasteiger partial charge on any atom is 0.224 e. The molecule has 0 heterocycles. The van der Waals surface area contributed by atoms with E-state index in [1.54, 1.807) is 18.2 Å². The third-order valence-corrected chi connectivity index (χ3v) is 2.67. The average molecular weight is 206 g/mol. The standard InChI is InChI=1S/C12H14O3/c13-10-7-3-4-8-11(12(10)14)15-9-5-1-2-6-9/h3-4,7-9H,1-2,5-6H2,(H,13,14). The molecule has 1 aromatic rings. The minimum atomic E-state index is -0.395. The fourth-order valence-corrected chi connectivity index (χ4v) is 1.85. The maximum atomic E-state index is 11.3. The van der Waals surface area contributed by atoms with Gasteiger partial charge < -0.3 is 9.84 Å². The Labute approximate surface area is 88.3 Å². The lowest BCUT2D eigenvalue weighted by Gasteiger charge is -2.12. The number of aromatic hydroxyl groups is 1. The molecule has 0 amide bonds. The topological polar surface area (TPSA) is 46.5 Å². The van der Waals surface area contributed by atoms with Gasteiger partial charge in [0.1, 0.15) is 0 Å². The number of hydrogen-bond donors (Lipinski definition) is 1. The molecule has 1 aliphatic rings. The van der Waals surface area contributed by atoms with Crippen LogP contribution < -0.4 is 10.2 Å². The number of ether oxygens (including phenoxy) is 1. The van der Waals surface area contributed by atoms with E-state index in [1.807, 2.05) is 0 Å². The van der Waals surface area contributed by atoms with Crippen LogP contribution in [0, 0.1) is 0 Å². The summed E-state index contributed by atoms with van der Waals surface area (Å²) in [4.78, 5) is 11.3. The Hall–Kier alpha value is -1.51. The van der Waals surface area contributed by atoms with Crippen molar-refractivity contribution in [1.29, 1.82) is 0 Å². The van der Waals surface area contributed by atoms with Gasteiger partial charge in [-0.15, -0.1) is 0 Å². The molecule has 0 radical (unpaired) electrons. The van der Waals surface area contributed by atoms with E-state index in [1.165, 1.54) is 6.07 Å². The third-order valence-electron chi connectivity index (χ3n) is 2.67. The fraction of sp³-hybridized carbons (Fsp3) is 0.417. The molecule has 0 aromatic heterocycles. The molecule has 1 N–H and O–H groups in total. The van der Waals surface area contributed by atoms with Gasteiger partial charge in [0.15, 0.2) is 5.75 Å². The first-order valence-corrected chi connectivity index (χ1v) is 5.26.